The maximum atomic E-state index is 2.41. The van der Waals surface area contributed by atoms with Crippen LogP contribution in [0, 0.1) is 0 Å². The third-order valence-corrected chi connectivity index (χ3v) is 8.47. The summed E-state index contributed by atoms with van der Waals surface area (Å²) in [6, 6.07) is 61.8. The van der Waals surface area contributed by atoms with E-state index in [1.165, 1.54) is 76.8 Å². The smallest absolute Gasteiger partial charge is 0.00199 e. The van der Waals surface area contributed by atoms with Gasteiger partial charge in [-0.1, -0.05) is 164 Å². The summed E-state index contributed by atoms with van der Waals surface area (Å²) in [6.45, 7) is 0. The molecule has 0 N–H and O–H groups in total. The molecule has 0 aliphatic heterocycles. The fourth-order valence-electron chi connectivity index (χ4n) is 6.59. The molecule has 0 heterocycles. The van der Waals surface area contributed by atoms with E-state index in [0.717, 1.165) is 0 Å². The normalized spacial score (nSPS) is 11.3. The van der Waals surface area contributed by atoms with E-state index in [1.54, 1.807) is 0 Å². The van der Waals surface area contributed by atoms with Gasteiger partial charge in [0, 0.05) is 0 Å². The molecule has 0 amide bonds. The molecule has 0 atom stereocenters. The van der Waals surface area contributed by atoms with E-state index in [2.05, 4.69) is 170 Å². The van der Waals surface area contributed by atoms with Crippen LogP contribution in [0.5, 0.6) is 0 Å². The first kappa shape index (κ1) is 24.3. The van der Waals surface area contributed by atoms with E-state index in [4.69, 9.17) is 0 Å². The van der Waals surface area contributed by atoms with Crippen molar-refractivity contribution in [3.05, 3.63) is 170 Å². The van der Waals surface area contributed by atoms with Gasteiger partial charge in [-0.3, -0.25) is 0 Å². The van der Waals surface area contributed by atoms with E-state index in [9.17, 15) is 0 Å². The second-order valence-electron chi connectivity index (χ2n) is 10.9. The molecule has 0 aromatic heterocycles. The molecule has 8 aromatic rings. The number of fused-ring (bicyclic) bond motifs is 3. The molecule has 196 valence electrons. The molecule has 0 spiro atoms. The van der Waals surface area contributed by atoms with Crippen molar-refractivity contribution in [3.8, 4) is 44.5 Å². The summed E-state index contributed by atoms with van der Waals surface area (Å²) in [5.74, 6) is 0. The van der Waals surface area contributed by atoms with Gasteiger partial charge in [0.15, 0.2) is 0 Å². The van der Waals surface area contributed by atoms with E-state index in [-0.39, 0.29) is 0 Å². The molecule has 0 aliphatic carbocycles. The van der Waals surface area contributed by atoms with Crippen molar-refractivity contribution in [2.45, 2.75) is 0 Å². The fourth-order valence-corrected chi connectivity index (χ4v) is 6.59. The van der Waals surface area contributed by atoms with Crippen LogP contribution < -0.4 is 0 Å². The maximum Gasteiger partial charge on any atom is -0.00199 e. The molecule has 0 unspecified atom stereocenters. The lowest BCUT2D eigenvalue weighted by Crippen LogP contribution is -1.94. The summed E-state index contributed by atoms with van der Waals surface area (Å²) in [5, 5.41) is 7.59. The topological polar surface area (TPSA) is 0 Å². The largest absolute Gasteiger partial charge is 0.0622 e. The highest BCUT2D eigenvalue weighted by molar-refractivity contribution is 6.23. The molecular weight excluding hydrogens is 504 g/mol. The minimum Gasteiger partial charge on any atom is -0.0622 e. The van der Waals surface area contributed by atoms with Crippen molar-refractivity contribution in [2.75, 3.05) is 0 Å². The first-order valence-electron chi connectivity index (χ1n) is 14.5. The summed E-state index contributed by atoms with van der Waals surface area (Å²) in [7, 11) is 0. The average Bonchev–Trinajstić information content (AvgIpc) is 3.07. The van der Waals surface area contributed by atoms with E-state index in [0.29, 0.717) is 0 Å². The lowest BCUT2D eigenvalue weighted by molar-refractivity contribution is 1.59. The summed E-state index contributed by atoms with van der Waals surface area (Å²) in [6.07, 6.45) is 0. The molecule has 8 aromatic carbocycles. The maximum absolute atomic E-state index is 2.41. The minimum absolute atomic E-state index is 1.22. The van der Waals surface area contributed by atoms with Crippen LogP contribution in [0.4, 0.5) is 0 Å². The zero-order chi connectivity index (χ0) is 27.9. The number of rotatable bonds is 4. The average molecular weight is 533 g/mol. The van der Waals surface area contributed by atoms with Crippen LogP contribution in [0.2, 0.25) is 0 Å². The van der Waals surface area contributed by atoms with Gasteiger partial charge in [-0.05, 0) is 82.9 Å². The molecule has 0 heteroatoms. The lowest BCUT2D eigenvalue weighted by atomic mass is 9.82. The van der Waals surface area contributed by atoms with Gasteiger partial charge in [-0.25, -0.2) is 0 Å². The SMILES string of the molecule is c1ccc(-c2ccc(-c3cccc4ccccc34)c(-c3c4ccccc4c(-c4ccccc4)c4ccccc34)c2)cc1. The zero-order valence-corrected chi connectivity index (χ0v) is 23.2. The Morgan fingerprint density at radius 3 is 1.38 bits per heavy atom. The molecule has 0 aliphatic rings. The van der Waals surface area contributed by atoms with Gasteiger partial charge in [0.1, 0.15) is 0 Å². The first-order chi connectivity index (χ1) is 20.9. The Labute approximate surface area is 246 Å². The van der Waals surface area contributed by atoms with Gasteiger partial charge in [0.25, 0.3) is 0 Å². The van der Waals surface area contributed by atoms with Crippen LogP contribution in [-0.4, -0.2) is 0 Å². The minimum atomic E-state index is 1.22. The number of hydrogen-bond acceptors (Lipinski definition) is 0. The molecule has 0 saturated carbocycles. The van der Waals surface area contributed by atoms with Gasteiger partial charge in [0.05, 0.1) is 0 Å². The molecule has 0 fully saturated rings. The fraction of sp³-hybridized carbons (Fsp3) is 0. The van der Waals surface area contributed by atoms with Crippen molar-refractivity contribution in [1.29, 1.82) is 0 Å². The van der Waals surface area contributed by atoms with Crippen LogP contribution in [-0.2, 0) is 0 Å². The summed E-state index contributed by atoms with van der Waals surface area (Å²) < 4.78 is 0. The van der Waals surface area contributed by atoms with Crippen LogP contribution in [0.25, 0.3) is 76.8 Å². The van der Waals surface area contributed by atoms with Gasteiger partial charge < -0.3 is 0 Å². The summed E-state index contributed by atoms with van der Waals surface area (Å²) >= 11 is 0. The van der Waals surface area contributed by atoms with Gasteiger partial charge in [0.2, 0.25) is 0 Å². The Bertz CT molecular complexity index is 2160. The highest BCUT2D eigenvalue weighted by atomic mass is 14.2. The highest BCUT2D eigenvalue weighted by Gasteiger charge is 2.20. The van der Waals surface area contributed by atoms with Crippen molar-refractivity contribution < 1.29 is 0 Å². The molecule has 0 bridgehead atoms. The highest BCUT2D eigenvalue weighted by Crippen LogP contribution is 2.47. The Morgan fingerprint density at radius 1 is 0.238 bits per heavy atom. The Hall–Kier alpha value is -5.46. The monoisotopic (exact) mass is 532 g/mol. The second-order valence-corrected chi connectivity index (χ2v) is 10.9. The molecular formula is C42H28. The predicted octanol–water partition coefficient (Wildman–Crippen LogP) is 11.8. The van der Waals surface area contributed by atoms with E-state index in [1.807, 2.05) is 0 Å². The quantitative estimate of drug-likeness (QED) is 0.198. The first-order valence-corrected chi connectivity index (χ1v) is 14.5. The van der Waals surface area contributed by atoms with E-state index >= 15 is 0 Å². The summed E-state index contributed by atoms with van der Waals surface area (Å²) in [5.41, 5.74) is 9.99. The predicted molar refractivity (Wildman–Crippen MR) is 181 cm³/mol. The molecule has 0 radical (unpaired) electrons. The molecule has 0 nitrogen and oxygen atoms in total. The number of hydrogen-bond donors (Lipinski definition) is 0. The van der Waals surface area contributed by atoms with Crippen molar-refractivity contribution in [1.82, 2.24) is 0 Å². The molecule has 8 rings (SSSR count). The lowest BCUT2D eigenvalue weighted by Gasteiger charge is -2.21. The van der Waals surface area contributed by atoms with Crippen LogP contribution in [0.3, 0.4) is 0 Å². The second kappa shape index (κ2) is 10.2. The molecule has 42 heavy (non-hydrogen) atoms. The van der Waals surface area contributed by atoms with Gasteiger partial charge in [-0.15, -0.1) is 0 Å². The standard InChI is InChI=1S/C42H28/c1-3-14-29(15-4-1)32-26-27-35(34-25-13-19-30-16-7-8-20-33(30)34)40(28-32)42-38-23-11-9-21-36(38)41(31-17-5-2-6-18-31)37-22-10-12-24-39(37)42/h1-28H. The van der Waals surface area contributed by atoms with Crippen LogP contribution >= 0.6 is 0 Å². The summed E-state index contributed by atoms with van der Waals surface area (Å²) in [4.78, 5) is 0. The zero-order valence-electron chi connectivity index (χ0n) is 23.2. The van der Waals surface area contributed by atoms with Crippen LogP contribution in [0.15, 0.2) is 170 Å². The number of benzene rings is 8. The third-order valence-electron chi connectivity index (χ3n) is 8.47. The Balaban J connectivity index is 1.54. The van der Waals surface area contributed by atoms with Gasteiger partial charge >= 0.3 is 0 Å². The Morgan fingerprint density at radius 2 is 0.738 bits per heavy atom. The molecule has 0 saturated heterocycles. The third kappa shape index (κ3) is 4.00. The van der Waals surface area contributed by atoms with E-state index < -0.39 is 0 Å². The van der Waals surface area contributed by atoms with Crippen LogP contribution in [0.1, 0.15) is 0 Å². The van der Waals surface area contributed by atoms with Crippen molar-refractivity contribution >= 4 is 32.3 Å². The van der Waals surface area contributed by atoms with Crippen molar-refractivity contribution in [2.24, 2.45) is 0 Å². The Kier molecular flexibility index (Phi) is 5.90. The van der Waals surface area contributed by atoms with Crippen molar-refractivity contribution in [3.63, 3.8) is 0 Å². The van der Waals surface area contributed by atoms with Gasteiger partial charge in [-0.2, -0.15) is 0 Å².